The first-order chi connectivity index (χ1) is 16.6. The summed E-state index contributed by atoms with van der Waals surface area (Å²) < 4.78 is 0. The maximum atomic E-state index is 13.1. The van der Waals surface area contributed by atoms with Crippen LogP contribution in [0.3, 0.4) is 0 Å². The molecule has 0 radical (unpaired) electrons. The maximum Gasteiger partial charge on any atom is 0.328 e. The van der Waals surface area contributed by atoms with E-state index in [4.69, 9.17) is 10.2 Å². The summed E-state index contributed by atoms with van der Waals surface area (Å²) in [5.41, 5.74) is 0.708. The molecule has 3 rings (SSSR count). The molecule has 1 heterocycles. The third-order valence-electron chi connectivity index (χ3n) is 6.55. The molecular formula is C27H38N2O6. The Morgan fingerprint density at radius 1 is 1.00 bits per heavy atom. The molecule has 1 saturated carbocycles. The molecule has 8 nitrogen and oxygen atoms in total. The number of amides is 1. The summed E-state index contributed by atoms with van der Waals surface area (Å²) in [4.78, 5) is 34.7. The molecule has 1 aromatic rings. The highest BCUT2D eigenvalue weighted by Crippen LogP contribution is 2.42. The van der Waals surface area contributed by atoms with Crippen LogP contribution in [0.5, 0.6) is 0 Å². The Labute approximate surface area is 207 Å². The van der Waals surface area contributed by atoms with Gasteiger partial charge in [0.05, 0.1) is 0 Å². The van der Waals surface area contributed by atoms with Crippen molar-refractivity contribution in [2.45, 2.75) is 64.0 Å². The minimum Gasteiger partial charge on any atom is -0.478 e. The van der Waals surface area contributed by atoms with E-state index >= 15 is 0 Å². The van der Waals surface area contributed by atoms with Gasteiger partial charge >= 0.3 is 11.9 Å². The van der Waals surface area contributed by atoms with Crippen LogP contribution in [-0.2, 0) is 20.0 Å². The zero-order valence-corrected chi connectivity index (χ0v) is 20.7. The highest BCUT2D eigenvalue weighted by Gasteiger charge is 2.48. The molecule has 0 bridgehead atoms. The van der Waals surface area contributed by atoms with Crippen molar-refractivity contribution in [2.24, 2.45) is 5.92 Å². The fourth-order valence-corrected chi connectivity index (χ4v) is 4.35. The predicted octanol–water partition coefficient (Wildman–Crippen LogP) is 3.32. The molecule has 1 aliphatic carbocycles. The molecule has 2 fully saturated rings. The Morgan fingerprint density at radius 2 is 1.57 bits per heavy atom. The SMILES string of the molecule is CC(C)=CCCN1CCC(NC(=O)[C@](O)(c2ccccc2)C2CCC2)CC1.O=C(O)C=CC(=O)O. The van der Waals surface area contributed by atoms with Gasteiger partial charge in [-0.3, -0.25) is 4.79 Å². The van der Waals surface area contributed by atoms with E-state index < -0.39 is 17.5 Å². The zero-order chi connectivity index (χ0) is 25.8. The number of nitrogens with one attached hydrogen (secondary N) is 1. The second-order valence-corrected chi connectivity index (χ2v) is 9.43. The summed E-state index contributed by atoms with van der Waals surface area (Å²) in [6.45, 7) is 7.38. The first-order valence-corrected chi connectivity index (χ1v) is 12.2. The van der Waals surface area contributed by atoms with E-state index in [0.717, 1.165) is 63.7 Å². The fourth-order valence-electron chi connectivity index (χ4n) is 4.35. The number of benzene rings is 1. The van der Waals surface area contributed by atoms with Crippen LogP contribution < -0.4 is 5.32 Å². The van der Waals surface area contributed by atoms with Crippen LogP contribution in [0.1, 0.15) is 57.9 Å². The van der Waals surface area contributed by atoms with Gasteiger partial charge in [-0.2, -0.15) is 0 Å². The Kier molecular flexibility index (Phi) is 11.1. The van der Waals surface area contributed by atoms with Gasteiger partial charge in [-0.25, -0.2) is 9.59 Å². The van der Waals surface area contributed by atoms with Gasteiger partial charge in [0.2, 0.25) is 0 Å². The number of piperidine rings is 1. The number of nitrogens with zero attached hydrogens (tertiary/aromatic N) is 1. The number of rotatable bonds is 9. The molecule has 4 N–H and O–H groups in total. The van der Waals surface area contributed by atoms with Gasteiger partial charge in [0, 0.05) is 43.7 Å². The van der Waals surface area contributed by atoms with E-state index in [1.54, 1.807) is 0 Å². The summed E-state index contributed by atoms with van der Waals surface area (Å²) in [5, 5.41) is 30.2. The largest absolute Gasteiger partial charge is 0.478 e. The molecule has 0 aromatic heterocycles. The van der Waals surface area contributed by atoms with Crippen LogP contribution in [0.15, 0.2) is 54.1 Å². The Balaban J connectivity index is 0.000000466. The average molecular weight is 487 g/mol. The Hall–Kier alpha value is -2.97. The van der Waals surface area contributed by atoms with E-state index in [1.807, 2.05) is 30.3 Å². The van der Waals surface area contributed by atoms with Gasteiger partial charge in [-0.1, -0.05) is 48.4 Å². The lowest BCUT2D eigenvalue weighted by atomic mass is 9.69. The van der Waals surface area contributed by atoms with Crippen molar-refractivity contribution in [3.05, 3.63) is 59.7 Å². The van der Waals surface area contributed by atoms with Gasteiger partial charge in [-0.05, 0) is 51.5 Å². The third-order valence-corrected chi connectivity index (χ3v) is 6.55. The summed E-state index contributed by atoms with van der Waals surface area (Å²) >= 11 is 0. The molecule has 0 unspecified atom stereocenters. The van der Waals surface area contributed by atoms with Gasteiger partial charge in [0.15, 0.2) is 5.60 Å². The molecule has 0 spiro atoms. The van der Waals surface area contributed by atoms with Crippen molar-refractivity contribution in [2.75, 3.05) is 19.6 Å². The number of aliphatic hydroxyl groups is 1. The summed E-state index contributed by atoms with van der Waals surface area (Å²) in [6.07, 6.45) is 9.33. The van der Waals surface area contributed by atoms with Crippen LogP contribution in [-0.4, -0.2) is 63.7 Å². The Bertz CT molecular complexity index is 882. The van der Waals surface area contributed by atoms with Gasteiger partial charge in [-0.15, -0.1) is 0 Å². The average Bonchev–Trinajstić information content (AvgIpc) is 2.78. The van der Waals surface area contributed by atoms with Crippen LogP contribution in [0, 0.1) is 5.92 Å². The molecule has 2 aliphatic rings. The van der Waals surface area contributed by atoms with E-state index in [-0.39, 0.29) is 17.9 Å². The van der Waals surface area contributed by atoms with Crippen LogP contribution in [0.25, 0.3) is 0 Å². The number of carbonyl (C=O) groups excluding carboxylic acids is 1. The fraction of sp³-hybridized carbons (Fsp3) is 0.519. The zero-order valence-electron chi connectivity index (χ0n) is 20.7. The minimum atomic E-state index is -1.39. The monoisotopic (exact) mass is 486 g/mol. The highest BCUT2D eigenvalue weighted by molar-refractivity contribution is 5.89. The number of carboxylic acid groups (broad SMARTS) is 2. The van der Waals surface area contributed by atoms with Crippen molar-refractivity contribution in [1.82, 2.24) is 10.2 Å². The summed E-state index contributed by atoms with van der Waals surface area (Å²) in [5.74, 6) is -2.69. The number of hydrogen-bond donors (Lipinski definition) is 4. The second kappa shape index (κ2) is 13.8. The third kappa shape index (κ3) is 8.96. The summed E-state index contributed by atoms with van der Waals surface area (Å²) in [6, 6.07) is 9.64. The molecule has 1 aromatic carbocycles. The van der Waals surface area contributed by atoms with Crippen LogP contribution in [0.4, 0.5) is 0 Å². The molecule has 35 heavy (non-hydrogen) atoms. The van der Waals surface area contributed by atoms with Crippen molar-refractivity contribution in [3.8, 4) is 0 Å². The van der Waals surface area contributed by atoms with E-state index in [1.165, 1.54) is 5.57 Å². The molecule has 1 atom stereocenters. The van der Waals surface area contributed by atoms with Gasteiger partial charge in [0.25, 0.3) is 5.91 Å². The molecule has 192 valence electrons. The van der Waals surface area contributed by atoms with Crippen LogP contribution >= 0.6 is 0 Å². The maximum absolute atomic E-state index is 13.1. The first-order valence-electron chi connectivity index (χ1n) is 12.2. The number of allylic oxidation sites excluding steroid dienone is 1. The molecular weight excluding hydrogens is 448 g/mol. The summed E-state index contributed by atoms with van der Waals surface area (Å²) in [7, 11) is 0. The first kappa shape index (κ1) is 28.3. The molecule has 8 heteroatoms. The smallest absolute Gasteiger partial charge is 0.328 e. The molecule has 1 saturated heterocycles. The van der Waals surface area contributed by atoms with Gasteiger partial charge < -0.3 is 25.5 Å². The predicted molar refractivity (Wildman–Crippen MR) is 134 cm³/mol. The van der Waals surface area contributed by atoms with Gasteiger partial charge in [0.1, 0.15) is 0 Å². The molecule has 1 amide bonds. The Morgan fingerprint density at radius 3 is 2.03 bits per heavy atom. The highest BCUT2D eigenvalue weighted by atomic mass is 16.4. The normalized spacial score (nSPS) is 18.5. The number of hydrogen-bond acceptors (Lipinski definition) is 5. The van der Waals surface area contributed by atoms with Crippen molar-refractivity contribution >= 4 is 17.8 Å². The van der Waals surface area contributed by atoms with E-state index in [0.29, 0.717) is 12.2 Å². The lowest BCUT2D eigenvalue weighted by Gasteiger charge is -2.42. The molecule has 1 aliphatic heterocycles. The van der Waals surface area contributed by atoms with E-state index in [2.05, 4.69) is 30.1 Å². The second-order valence-electron chi connectivity index (χ2n) is 9.43. The topological polar surface area (TPSA) is 127 Å². The minimum absolute atomic E-state index is 0.0315. The number of carbonyl (C=O) groups is 3. The number of carboxylic acids is 2. The quantitative estimate of drug-likeness (QED) is 0.311. The number of aliphatic carboxylic acids is 2. The lowest BCUT2D eigenvalue weighted by molar-refractivity contribution is -0.153. The standard InChI is InChI=1S/C23H34N2O2.C4H4O4/c1-18(2)8-7-15-25-16-13-21(14-17-25)24-22(26)23(27,20-11-6-12-20)19-9-4-3-5-10-19;5-3(6)1-2-4(7)8/h3-5,8-10,20-21,27H,6-7,11-17H2,1-2H3,(H,24,26);1-2H,(H,5,6)(H,7,8)/t23-;/m0./s1. The van der Waals surface area contributed by atoms with E-state index in [9.17, 15) is 19.5 Å². The number of likely N-dealkylation sites (tertiary alicyclic amines) is 1. The van der Waals surface area contributed by atoms with Crippen molar-refractivity contribution in [3.63, 3.8) is 0 Å². The van der Waals surface area contributed by atoms with Crippen LogP contribution in [0.2, 0.25) is 0 Å². The van der Waals surface area contributed by atoms with Crippen molar-refractivity contribution < 1.29 is 29.7 Å². The lowest BCUT2D eigenvalue weighted by Crippen LogP contribution is -2.55. The van der Waals surface area contributed by atoms with Crippen molar-refractivity contribution in [1.29, 1.82) is 0 Å².